The summed E-state index contributed by atoms with van der Waals surface area (Å²) < 4.78 is 5.67. The van der Waals surface area contributed by atoms with Gasteiger partial charge in [0, 0.05) is 11.5 Å². The third kappa shape index (κ3) is 3.43. The molecule has 0 aliphatic heterocycles. The van der Waals surface area contributed by atoms with Gasteiger partial charge in [-0.3, -0.25) is 5.10 Å². The Morgan fingerprint density at radius 1 is 1.24 bits per heavy atom. The van der Waals surface area contributed by atoms with Crippen molar-refractivity contribution in [3.8, 4) is 17.1 Å². The number of ether oxygens (including phenoxy) is 1. The highest BCUT2D eigenvalue weighted by molar-refractivity contribution is 5.57. The lowest BCUT2D eigenvalue weighted by Gasteiger charge is -2.18. The third-order valence-electron chi connectivity index (χ3n) is 4.06. The van der Waals surface area contributed by atoms with Crippen LogP contribution in [0.1, 0.15) is 57.2 Å². The predicted octanol–water partition coefficient (Wildman–Crippen LogP) is 4.31. The highest BCUT2D eigenvalue weighted by Crippen LogP contribution is 2.31. The first-order valence-corrected chi connectivity index (χ1v) is 8.02. The zero-order valence-corrected chi connectivity index (χ0v) is 12.6. The van der Waals surface area contributed by atoms with E-state index in [9.17, 15) is 0 Å². The average Bonchev–Trinajstić information content (AvgIpc) is 3.04. The van der Waals surface area contributed by atoms with Crippen LogP contribution in [0.5, 0.6) is 5.75 Å². The van der Waals surface area contributed by atoms with Crippen molar-refractivity contribution in [3.63, 3.8) is 0 Å². The molecule has 4 heteroatoms. The van der Waals surface area contributed by atoms with E-state index in [0.29, 0.717) is 5.92 Å². The van der Waals surface area contributed by atoms with Gasteiger partial charge in [-0.1, -0.05) is 38.3 Å². The second kappa shape index (κ2) is 6.74. The molecule has 0 atom stereocenters. The van der Waals surface area contributed by atoms with E-state index in [0.717, 1.165) is 36.0 Å². The van der Waals surface area contributed by atoms with Crippen molar-refractivity contribution in [1.82, 2.24) is 15.2 Å². The zero-order chi connectivity index (χ0) is 14.5. The molecule has 1 heterocycles. The van der Waals surface area contributed by atoms with Crippen LogP contribution >= 0.6 is 0 Å². The summed E-state index contributed by atoms with van der Waals surface area (Å²) in [6.07, 6.45) is 7.44. The first kappa shape index (κ1) is 14.1. The topological polar surface area (TPSA) is 50.8 Å². The molecule has 3 rings (SSSR count). The van der Waals surface area contributed by atoms with Crippen LogP contribution in [0.3, 0.4) is 0 Å². The molecule has 0 unspecified atom stereocenters. The Kier molecular flexibility index (Phi) is 4.53. The number of nitrogens with one attached hydrogen (secondary N) is 1. The molecule has 0 spiro atoms. The molecule has 1 N–H and O–H groups in total. The minimum Gasteiger partial charge on any atom is -0.494 e. The lowest BCUT2D eigenvalue weighted by Crippen LogP contribution is -2.06. The van der Waals surface area contributed by atoms with Crippen LogP contribution in [0, 0.1) is 0 Å². The van der Waals surface area contributed by atoms with Gasteiger partial charge in [0.1, 0.15) is 11.6 Å². The third-order valence-corrected chi connectivity index (χ3v) is 4.06. The van der Waals surface area contributed by atoms with Crippen molar-refractivity contribution in [2.24, 2.45) is 0 Å². The second-order valence-corrected chi connectivity index (χ2v) is 5.76. The fourth-order valence-corrected chi connectivity index (χ4v) is 2.91. The molecule has 0 amide bonds. The van der Waals surface area contributed by atoms with E-state index in [-0.39, 0.29) is 0 Å². The Hall–Kier alpha value is -1.84. The Morgan fingerprint density at radius 2 is 2.10 bits per heavy atom. The van der Waals surface area contributed by atoms with E-state index < -0.39 is 0 Å². The van der Waals surface area contributed by atoms with Gasteiger partial charge >= 0.3 is 0 Å². The minimum absolute atomic E-state index is 0.555. The van der Waals surface area contributed by atoms with Gasteiger partial charge < -0.3 is 4.74 Å². The summed E-state index contributed by atoms with van der Waals surface area (Å²) in [6, 6.07) is 8.03. The largest absolute Gasteiger partial charge is 0.494 e. The summed E-state index contributed by atoms with van der Waals surface area (Å²) in [4.78, 5) is 4.70. The van der Waals surface area contributed by atoms with E-state index in [2.05, 4.69) is 17.1 Å². The molecule has 112 valence electrons. The fourth-order valence-electron chi connectivity index (χ4n) is 2.91. The maximum atomic E-state index is 5.67. The summed E-state index contributed by atoms with van der Waals surface area (Å²) in [5, 5.41) is 7.53. The lowest BCUT2D eigenvalue weighted by atomic mass is 9.89. The van der Waals surface area contributed by atoms with Gasteiger partial charge in [-0.25, -0.2) is 4.98 Å². The van der Waals surface area contributed by atoms with Crippen molar-refractivity contribution in [2.45, 2.75) is 51.4 Å². The van der Waals surface area contributed by atoms with Crippen LogP contribution in [0.4, 0.5) is 0 Å². The molecule has 0 saturated heterocycles. The fraction of sp³-hybridized carbons (Fsp3) is 0.529. The van der Waals surface area contributed by atoms with Gasteiger partial charge in [0.25, 0.3) is 0 Å². The van der Waals surface area contributed by atoms with Gasteiger partial charge in [-0.2, -0.15) is 5.10 Å². The monoisotopic (exact) mass is 285 g/mol. The van der Waals surface area contributed by atoms with Crippen LogP contribution in [-0.2, 0) is 0 Å². The number of benzene rings is 1. The van der Waals surface area contributed by atoms with E-state index >= 15 is 0 Å². The second-order valence-electron chi connectivity index (χ2n) is 5.76. The quantitative estimate of drug-likeness (QED) is 0.890. The zero-order valence-electron chi connectivity index (χ0n) is 12.6. The maximum Gasteiger partial charge on any atom is 0.181 e. The molecule has 2 aromatic rings. The number of aromatic amines is 1. The number of nitrogens with zero attached hydrogens (tertiary/aromatic N) is 2. The minimum atomic E-state index is 0.555. The molecule has 21 heavy (non-hydrogen) atoms. The number of aromatic nitrogens is 3. The molecule has 1 aliphatic carbocycles. The van der Waals surface area contributed by atoms with Gasteiger partial charge in [-0.05, 0) is 31.4 Å². The summed E-state index contributed by atoms with van der Waals surface area (Å²) >= 11 is 0. The molecule has 1 saturated carbocycles. The van der Waals surface area contributed by atoms with Crippen molar-refractivity contribution in [1.29, 1.82) is 0 Å². The van der Waals surface area contributed by atoms with Crippen LogP contribution in [0.25, 0.3) is 11.4 Å². The summed E-state index contributed by atoms with van der Waals surface area (Å²) in [6.45, 7) is 2.85. The van der Waals surface area contributed by atoms with E-state index in [1.807, 2.05) is 24.3 Å². The van der Waals surface area contributed by atoms with Gasteiger partial charge in [0.2, 0.25) is 0 Å². The van der Waals surface area contributed by atoms with E-state index in [4.69, 9.17) is 9.72 Å². The molecule has 1 aliphatic rings. The highest BCUT2D eigenvalue weighted by Gasteiger charge is 2.19. The summed E-state index contributed by atoms with van der Waals surface area (Å²) in [5.74, 6) is 3.26. The van der Waals surface area contributed by atoms with Gasteiger partial charge in [0.05, 0.1) is 6.61 Å². The highest BCUT2D eigenvalue weighted by atomic mass is 16.5. The SMILES string of the molecule is CCCOc1cccc(-c2n[nH]c(C3CCCCC3)n2)c1. The van der Waals surface area contributed by atoms with Crippen LogP contribution in [0.2, 0.25) is 0 Å². The van der Waals surface area contributed by atoms with E-state index in [1.165, 1.54) is 32.1 Å². The normalized spacial score (nSPS) is 16.0. The van der Waals surface area contributed by atoms with Gasteiger partial charge in [0.15, 0.2) is 5.82 Å². The Labute approximate surface area is 125 Å². The molecular formula is C17H23N3O. The smallest absolute Gasteiger partial charge is 0.181 e. The first-order valence-electron chi connectivity index (χ1n) is 8.02. The van der Waals surface area contributed by atoms with Gasteiger partial charge in [-0.15, -0.1) is 0 Å². The predicted molar refractivity (Wildman–Crippen MR) is 83.4 cm³/mol. The molecular weight excluding hydrogens is 262 g/mol. The number of hydrogen-bond acceptors (Lipinski definition) is 3. The van der Waals surface area contributed by atoms with E-state index in [1.54, 1.807) is 0 Å². The van der Waals surface area contributed by atoms with Crippen molar-refractivity contribution in [3.05, 3.63) is 30.1 Å². The average molecular weight is 285 g/mol. The number of hydrogen-bond donors (Lipinski definition) is 1. The van der Waals surface area contributed by atoms with Crippen LogP contribution in [0.15, 0.2) is 24.3 Å². The van der Waals surface area contributed by atoms with Crippen molar-refractivity contribution < 1.29 is 4.74 Å². The van der Waals surface area contributed by atoms with Crippen LogP contribution in [-0.4, -0.2) is 21.8 Å². The first-order chi connectivity index (χ1) is 10.4. The van der Waals surface area contributed by atoms with Crippen molar-refractivity contribution in [2.75, 3.05) is 6.61 Å². The standard InChI is InChI=1S/C17H23N3O/c1-2-11-21-15-10-6-9-14(12-15)17-18-16(19-20-17)13-7-4-3-5-8-13/h6,9-10,12-13H,2-5,7-8,11H2,1H3,(H,18,19,20). The number of rotatable bonds is 5. The molecule has 1 fully saturated rings. The lowest BCUT2D eigenvalue weighted by molar-refractivity contribution is 0.317. The Bertz CT molecular complexity index is 573. The molecule has 4 nitrogen and oxygen atoms in total. The number of H-pyrrole nitrogens is 1. The molecule has 1 aromatic carbocycles. The van der Waals surface area contributed by atoms with Crippen molar-refractivity contribution >= 4 is 0 Å². The Balaban J connectivity index is 1.76. The van der Waals surface area contributed by atoms with Crippen LogP contribution < -0.4 is 4.74 Å². The summed E-state index contributed by atoms with van der Waals surface area (Å²) in [7, 11) is 0. The summed E-state index contributed by atoms with van der Waals surface area (Å²) in [5.41, 5.74) is 1.02. The molecule has 0 radical (unpaired) electrons. The molecule has 0 bridgehead atoms. The maximum absolute atomic E-state index is 5.67. The molecule has 1 aromatic heterocycles. The Morgan fingerprint density at radius 3 is 2.90 bits per heavy atom.